The second-order valence-corrected chi connectivity index (χ2v) is 8.73. The van der Waals surface area contributed by atoms with Crippen LogP contribution in [0, 0.1) is 5.92 Å². The zero-order valence-electron chi connectivity index (χ0n) is 20.4. The molecule has 1 unspecified atom stereocenters. The smallest absolute Gasteiger partial charge is 0.310 e. The van der Waals surface area contributed by atoms with Crippen LogP contribution in [0.2, 0.25) is 0 Å². The van der Waals surface area contributed by atoms with Gasteiger partial charge in [0.15, 0.2) is 5.65 Å². The molecule has 3 heterocycles. The van der Waals surface area contributed by atoms with Crippen molar-refractivity contribution in [3.63, 3.8) is 0 Å². The van der Waals surface area contributed by atoms with Crippen LogP contribution < -0.4 is 4.74 Å². The first-order chi connectivity index (χ1) is 17.6. The Kier molecular flexibility index (Phi) is 6.66. The van der Waals surface area contributed by atoms with Gasteiger partial charge in [-0.2, -0.15) is 5.10 Å². The number of benzene rings is 2. The summed E-state index contributed by atoms with van der Waals surface area (Å²) in [6, 6.07) is 21.1. The van der Waals surface area contributed by atoms with E-state index in [0.29, 0.717) is 48.9 Å². The molecule has 8 nitrogen and oxygen atoms in total. The van der Waals surface area contributed by atoms with Gasteiger partial charge in [-0.15, -0.1) is 0 Å². The van der Waals surface area contributed by atoms with Gasteiger partial charge in [0.05, 0.1) is 31.0 Å². The van der Waals surface area contributed by atoms with Crippen LogP contribution in [0.1, 0.15) is 30.3 Å². The number of hydrogen-bond acceptors (Lipinski definition) is 6. The maximum atomic E-state index is 13.6. The maximum absolute atomic E-state index is 13.6. The molecule has 1 fully saturated rings. The van der Waals surface area contributed by atoms with Crippen molar-refractivity contribution in [1.82, 2.24) is 19.5 Å². The number of ether oxygens (including phenoxy) is 2. The van der Waals surface area contributed by atoms with Crippen molar-refractivity contribution in [3.8, 4) is 28.3 Å². The predicted molar refractivity (Wildman–Crippen MR) is 136 cm³/mol. The Bertz CT molecular complexity index is 1400. The first kappa shape index (κ1) is 23.5. The van der Waals surface area contributed by atoms with E-state index in [-0.39, 0.29) is 17.8 Å². The third-order valence-corrected chi connectivity index (χ3v) is 6.43. The maximum Gasteiger partial charge on any atom is 0.310 e. The van der Waals surface area contributed by atoms with Crippen LogP contribution in [0.25, 0.3) is 28.2 Å². The Labute approximate surface area is 209 Å². The first-order valence-corrected chi connectivity index (χ1v) is 12.1. The summed E-state index contributed by atoms with van der Waals surface area (Å²) in [5.41, 5.74) is 4.06. The predicted octanol–water partition coefficient (Wildman–Crippen LogP) is 4.49. The molecule has 1 atom stereocenters. The average Bonchev–Trinajstić information content (AvgIpc) is 3.37. The number of rotatable bonds is 6. The lowest BCUT2D eigenvalue weighted by molar-refractivity contribution is -0.149. The highest BCUT2D eigenvalue weighted by atomic mass is 16.5. The number of aromatic nitrogens is 3. The molecular formula is C28H28N4O4. The third-order valence-electron chi connectivity index (χ3n) is 6.43. The minimum absolute atomic E-state index is 0.217. The molecule has 0 saturated carbocycles. The highest BCUT2D eigenvalue weighted by molar-refractivity contribution is 5.94. The van der Waals surface area contributed by atoms with Crippen molar-refractivity contribution in [3.05, 3.63) is 72.4 Å². The summed E-state index contributed by atoms with van der Waals surface area (Å²) in [6.07, 6.45) is 1.45. The number of hydrogen-bond donors (Lipinski definition) is 0. The fourth-order valence-corrected chi connectivity index (χ4v) is 4.66. The van der Waals surface area contributed by atoms with E-state index in [0.717, 1.165) is 23.2 Å². The number of nitrogens with zero attached hydrogens (tertiary/aromatic N) is 4. The molecule has 0 N–H and O–H groups in total. The largest absolute Gasteiger partial charge is 0.496 e. The highest BCUT2D eigenvalue weighted by Crippen LogP contribution is 2.32. The summed E-state index contributed by atoms with van der Waals surface area (Å²) in [6.45, 7) is 3.01. The number of esters is 1. The van der Waals surface area contributed by atoms with Crippen molar-refractivity contribution in [2.24, 2.45) is 5.92 Å². The van der Waals surface area contributed by atoms with Crippen molar-refractivity contribution in [2.75, 3.05) is 26.8 Å². The molecule has 4 aromatic rings. The Hall–Kier alpha value is -4.20. The third kappa shape index (κ3) is 4.54. The van der Waals surface area contributed by atoms with Crippen LogP contribution in [0.3, 0.4) is 0 Å². The monoisotopic (exact) mass is 484 g/mol. The molecule has 184 valence electrons. The van der Waals surface area contributed by atoms with Gasteiger partial charge < -0.3 is 14.4 Å². The zero-order valence-corrected chi connectivity index (χ0v) is 20.4. The number of piperidine rings is 1. The Morgan fingerprint density at radius 1 is 1.06 bits per heavy atom. The van der Waals surface area contributed by atoms with E-state index < -0.39 is 0 Å². The number of methoxy groups -OCH3 is 1. The van der Waals surface area contributed by atoms with Crippen LogP contribution in [0.15, 0.2) is 66.7 Å². The van der Waals surface area contributed by atoms with Gasteiger partial charge in [0.2, 0.25) is 0 Å². The average molecular weight is 485 g/mol. The number of carbonyl (C=O) groups is 2. The van der Waals surface area contributed by atoms with E-state index in [2.05, 4.69) is 0 Å². The molecule has 0 bridgehead atoms. The van der Waals surface area contributed by atoms with Crippen LogP contribution in [-0.4, -0.2) is 58.2 Å². The van der Waals surface area contributed by atoms with Gasteiger partial charge in [-0.05, 0) is 38.0 Å². The van der Waals surface area contributed by atoms with Crippen molar-refractivity contribution in [1.29, 1.82) is 0 Å². The summed E-state index contributed by atoms with van der Waals surface area (Å²) in [7, 11) is 1.62. The Morgan fingerprint density at radius 3 is 2.61 bits per heavy atom. The van der Waals surface area contributed by atoms with Gasteiger partial charge in [0.1, 0.15) is 11.4 Å². The minimum Gasteiger partial charge on any atom is -0.496 e. The lowest BCUT2D eigenvalue weighted by Gasteiger charge is -2.31. The number of likely N-dealkylation sites (tertiary alicyclic amines) is 1. The Morgan fingerprint density at radius 2 is 1.83 bits per heavy atom. The summed E-state index contributed by atoms with van der Waals surface area (Å²) >= 11 is 0. The van der Waals surface area contributed by atoms with Crippen LogP contribution in [0.5, 0.6) is 5.75 Å². The van der Waals surface area contributed by atoms with Gasteiger partial charge in [-0.3, -0.25) is 9.59 Å². The van der Waals surface area contributed by atoms with Gasteiger partial charge in [-0.25, -0.2) is 9.50 Å². The molecule has 1 aliphatic heterocycles. The van der Waals surface area contributed by atoms with Crippen molar-refractivity contribution >= 4 is 17.5 Å². The van der Waals surface area contributed by atoms with E-state index >= 15 is 0 Å². The van der Waals surface area contributed by atoms with Crippen LogP contribution in [0.4, 0.5) is 0 Å². The van der Waals surface area contributed by atoms with Crippen LogP contribution in [-0.2, 0) is 9.53 Å². The van der Waals surface area contributed by atoms with Crippen molar-refractivity contribution in [2.45, 2.75) is 19.8 Å². The molecular weight excluding hydrogens is 456 g/mol. The highest BCUT2D eigenvalue weighted by Gasteiger charge is 2.31. The van der Waals surface area contributed by atoms with E-state index in [4.69, 9.17) is 19.6 Å². The quantitative estimate of drug-likeness (QED) is 0.375. The fraction of sp³-hybridized carbons (Fsp3) is 0.286. The zero-order chi connectivity index (χ0) is 25.1. The molecule has 5 rings (SSSR count). The molecule has 36 heavy (non-hydrogen) atoms. The fourth-order valence-electron chi connectivity index (χ4n) is 4.66. The first-order valence-electron chi connectivity index (χ1n) is 12.1. The lowest BCUT2D eigenvalue weighted by atomic mass is 9.98. The van der Waals surface area contributed by atoms with Gasteiger partial charge in [0.25, 0.3) is 5.91 Å². The van der Waals surface area contributed by atoms with Gasteiger partial charge in [0, 0.05) is 30.3 Å². The van der Waals surface area contributed by atoms with Gasteiger partial charge in [-0.1, -0.05) is 42.5 Å². The summed E-state index contributed by atoms with van der Waals surface area (Å²) in [5.74, 6) is -0.123. The van der Waals surface area contributed by atoms with E-state index in [1.54, 1.807) is 29.5 Å². The molecule has 0 radical (unpaired) electrons. The Balaban J connectivity index is 1.59. The topological polar surface area (TPSA) is 86.0 Å². The molecule has 0 spiro atoms. The number of amides is 1. The number of para-hydroxylation sites is 1. The molecule has 2 aromatic heterocycles. The molecule has 8 heteroatoms. The van der Waals surface area contributed by atoms with E-state index in [9.17, 15) is 9.59 Å². The number of carbonyl (C=O) groups excluding carboxylic acids is 2. The van der Waals surface area contributed by atoms with E-state index in [1.165, 1.54) is 0 Å². The molecule has 1 saturated heterocycles. The summed E-state index contributed by atoms with van der Waals surface area (Å²) in [4.78, 5) is 32.4. The van der Waals surface area contributed by atoms with Crippen molar-refractivity contribution < 1.29 is 19.1 Å². The second-order valence-electron chi connectivity index (χ2n) is 8.73. The van der Waals surface area contributed by atoms with E-state index in [1.807, 2.05) is 60.7 Å². The minimum atomic E-state index is -0.320. The SMILES string of the molecule is CCOC(=O)C1CCCN(C(=O)c2cc(-c3ccccc3OC)n3nc(-c4ccccc4)cc3n2)C1. The summed E-state index contributed by atoms with van der Waals surface area (Å²) < 4.78 is 12.6. The lowest BCUT2D eigenvalue weighted by Crippen LogP contribution is -2.43. The molecule has 1 amide bonds. The van der Waals surface area contributed by atoms with Crippen LogP contribution >= 0.6 is 0 Å². The normalized spacial score (nSPS) is 15.6. The molecule has 2 aromatic carbocycles. The number of fused-ring (bicyclic) bond motifs is 1. The summed E-state index contributed by atoms with van der Waals surface area (Å²) in [5, 5.41) is 4.82. The molecule has 1 aliphatic rings. The molecule has 0 aliphatic carbocycles. The van der Waals surface area contributed by atoms with Gasteiger partial charge >= 0.3 is 5.97 Å². The second kappa shape index (κ2) is 10.2. The standard InChI is InChI=1S/C28H28N4O4/c1-3-36-28(34)20-12-9-15-31(18-20)27(33)23-16-24(21-13-7-8-14-25(21)35-2)32-26(29-23)17-22(30-32)19-10-5-4-6-11-19/h4-8,10-11,13-14,16-17,20H,3,9,12,15,18H2,1-2H3.